The predicted octanol–water partition coefficient (Wildman–Crippen LogP) is 5.49. The monoisotopic (exact) mass is 392 g/mol. The first-order chi connectivity index (χ1) is 11.4. The zero-order valence-corrected chi connectivity index (χ0v) is 14.6. The second-order valence-electron chi connectivity index (χ2n) is 5.56. The minimum Gasteiger partial charge on any atom is -0.490 e. The van der Waals surface area contributed by atoms with E-state index in [-0.39, 0.29) is 17.4 Å². The van der Waals surface area contributed by atoms with Gasteiger partial charge in [0, 0.05) is 10.9 Å². The molecule has 0 aliphatic heterocycles. The number of aromatic carboxylic acids is 1. The van der Waals surface area contributed by atoms with Gasteiger partial charge < -0.3 is 14.3 Å². The number of carboxylic acids is 1. The Labute approximate surface area is 146 Å². The first-order valence-corrected chi connectivity index (χ1v) is 8.08. The lowest BCUT2D eigenvalue weighted by molar-refractivity contribution is 0.0699. The molecule has 124 valence electrons. The van der Waals surface area contributed by atoms with Gasteiger partial charge in [-0.05, 0) is 66.2 Å². The lowest BCUT2D eigenvalue weighted by atomic mass is 10.1. The standard InChI is InChI=1S/C18H14BrFO4/c1-9(2)23-15-7-12-14(8-13(15)19)24-17(16(12)18(21)22)10-3-5-11(20)6-4-10/h3-9H,1-2H3,(H,21,22). The quantitative estimate of drug-likeness (QED) is 0.637. The highest BCUT2D eigenvalue weighted by molar-refractivity contribution is 9.10. The van der Waals surface area contributed by atoms with Crippen LogP contribution in [0.25, 0.3) is 22.3 Å². The van der Waals surface area contributed by atoms with E-state index in [9.17, 15) is 14.3 Å². The maximum absolute atomic E-state index is 13.1. The van der Waals surface area contributed by atoms with Crippen LogP contribution in [0.3, 0.4) is 0 Å². The van der Waals surface area contributed by atoms with Gasteiger partial charge in [0.2, 0.25) is 0 Å². The van der Waals surface area contributed by atoms with E-state index < -0.39 is 11.8 Å². The third-order valence-corrected chi connectivity index (χ3v) is 4.05. The summed E-state index contributed by atoms with van der Waals surface area (Å²) in [6.45, 7) is 3.77. The van der Waals surface area contributed by atoms with Crippen LogP contribution in [0.15, 0.2) is 45.3 Å². The molecule has 0 fully saturated rings. The lowest BCUT2D eigenvalue weighted by Gasteiger charge is -2.11. The minimum atomic E-state index is -1.12. The molecule has 4 nitrogen and oxygen atoms in total. The van der Waals surface area contributed by atoms with Crippen LogP contribution in [0.5, 0.6) is 5.75 Å². The van der Waals surface area contributed by atoms with E-state index in [1.54, 1.807) is 12.1 Å². The third kappa shape index (κ3) is 3.01. The van der Waals surface area contributed by atoms with Crippen molar-refractivity contribution in [2.75, 3.05) is 0 Å². The van der Waals surface area contributed by atoms with Crippen LogP contribution >= 0.6 is 15.9 Å². The Kier molecular flexibility index (Phi) is 4.32. The van der Waals surface area contributed by atoms with Gasteiger partial charge >= 0.3 is 5.97 Å². The van der Waals surface area contributed by atoms with Crippen LogP contribution in [-0.4, -0.2) is 17.2 Å². The van der Waals surface area contributed by atoms with Crippen molar-refractivity contribution >= 4 is 32.9 Å². The molecule has 3 aromatic rings. The Morgan fingerprint density at radius 3 is 2.50 bits per heavy atom. The van der Waals surface area contributed by atoms with Crippen LogP contribution in [0, 0.1) is 5.82 Å². The molecule has 0 unspecified atom stereocenters. The second-order valence-corrected chi connectivity index (χ2v) is 6.42. The molecular weight excluding hydrogens is 379 g/mol. The zero-order chi connectivity index (χ0) is 17.4. The number of carbonyl (C=O) groups is 1. The Hall–Kier alpha value is -2.34. The third-order valence-electron chi connectivity index (χ3n) is 3.43. The summed E-state index contributed by atoms with van der Waals surface area (Å²) in [4.78, 5) is 11.8. The molecule has 2 aromatic carbocycles. The number of fused-ring (bicyclic) bond motifs is 1. The van der Waals surface area contributed by atoms with Crippen LogP contribution in [0.1, 0.15) is 24.2 Å². The summed E-state index contributed by atoms with van der Waals surface area (Å²) in [5, 5.41) is 10.1. The van der Waals surface area contributed by atoms with Crippen molar-refractivity contribution in [1.82, 2.24) is 0 Å². The van der Waals surface area contributed by atoms with E-state index in [1.807, 2.05) is 13.8 Å². The molecule has 0 bridgehead atoms. The molecule has 1 N–H and O–H groups in total. The molecule has 0 amide bonds. The van der Waals surface area contributed by atoms with E-state index in [0.717, 1.165) is 0 Å². The van der Waals surface area contributed by atoms with Crippen molar-refractivity contribution in [2.24, 2.45) is 0 Å². The zero-order valence-electron chi connectivity index (χ0n) is 13.0. The molecule has 0 saturated heterocycles. The Morgan fingerprint density at radius 2 is 1.92 bits per heavy atom. The summed E-state index contributed by atoms with van der Waals surface area (Å²) >= 11 is 3.40. The fourth-order valence-electron chi connectivity index (χ4n) is 2.46. The molecule has 1 aromatic heterocycles. The summed E-state index contributed by atoms with van der Waals surface area (Å²) in [7, 11) is 0. The first-order valence-electron chi connectivity index (χ1n) is 7.28. The number of carboxylic acid groups (broad SMARTS) is 1. The Balaban J connectivity index is 2.25. The minimum absolute atomic E-state index is 0.0257. The van der Waals surface area contributed by atoms with Gasteiger partial charge in [-0.15, -0.1) is 0 Å². The van der Waals surface area contributed by atoms with E-state index in [0.29, 0.717) is 26.8 Å². The maximum Gasteiger partial charge on any atom is 0.340 e. The molecule has 0 atom stereocenters. The van der Waals surface area contributed by atoms with E-state index in [4.69, 9.17) is 9.15 Å². The van der Waals surface area contributed by atoms with E-state index in [1.165, 1.54) is 24.3 Å². The van der Waals surface area contributed by atoms with E-state index >= 15 is 0 Å². The maximum atomic E-state index is 13.1. The fourth-order valence-corrected chi connectivity index (χ4v) is 2.88. The topological polar surface area (TPSA) is 59.7 Å². The van der Waals surface area contributed by atoms with Gasteiger partial charge in [0.25, 0.3) is 0 Å². The summed E-state index contributed by atoms with van der Waals surface area (Å²) in [5.41, 5.74) is 0.930. The number of rotatable bonds is 4. The molecule has 0 radical (unpaired) electrons. The highest BCUT2D eigenvalue weighted by Crippen LogP contribution is 2.39. The summed E-state index contributed by atoms with van der Waals surface area (Å²) in [6, 6.07) is 8.81. The van der Waals surface area contributed by atoms with E-state index in [2.05, 4.69) is 15.9 Å². The SMILES string of the molecule is CC(C)Oc1cc2c(C(=O)O)c(-c3ccc(F)cc3)oc2cc1Br. The van der Waals surface area contributed by atoms with Gasteiger partial charge in [-0.25, -0.2) is 9.18 Å². The highest BCUT2D eigenvalue weighted by atomic mass is 79.9. The normalized spacial score (nSPS) is 11.2. The fraction of sp³-hybridized carbons (Fsp3) is 0.167. The first kappa shape index (κ1) is 16.5. The summed E-state index contributed by atoms with van der Waals surface area (Å²) in [5.74, 6) is -0.800. The average Bonchev–Trinajstić information content (AvgIpc) is 2.86. The largest absolute Gasteiger partial charge is 0.490 e. The average molecular weight is 393 g/mol. The molecule has 0 saturated carbocycles. The van der Waals surface area contributed by atoms with Crippen LogP contribution in [0.4, 0.5) is 4.39 Å². The number of ether oxygens (including phenoxy) is 1. The lowest BCUT2D eigenvalue weighted by Crippen LogP contribution is -2.06. The predicted molar refractivity (Wildman–Crippen MR) is 92.0 cm³/mol. The number of hydrogen-bond acceptors (Lipinski definition) is 3. The highest BCUT2D eigenvalue weighted by Gasteiger charge is 2.23. The van der Waals surface area contributed by atoms with Gasteiger partial charge in [0.05, 0.1) is 10.6 Å². The van der Waals surface area contributed by atoms with Crippen molar-refractivity contribution in [3.05, 3.63) is 52.3 Å². The summed E-state index contributed by atoms with van der Waals surface area (Å²) in [6.07, 6.45) is -0.0597. The van der Waals surface area contributed by atoms with Crippen molar-refractivity contribution in [1.29, 1.82) is 0 Å². The van der Waals surface area contributed by atoms with Gasteiger partial charge in [-0.3, -0.25) is 0 Å². The molecule has 6 heteroatoms. The smallest absolute Gasteiger partial charge is 0.340 e. The molecule has 0 aliphatic rings. The second kappa shape index (κ2) is 6.28. The Bertz CT molecular complexity index is 913. The van der Waals surface area contributed by atoms with Gasteiger partial charge in [-0.2, -0.15) is 0 Å². The van der Waals surface area contributed by atoms with Crippen molar-refractivity contribution < 1.29 is 23.4 Å². The summed E-state index contributed by atoms with van der Waals surface area (Å²) < 4.78 is 25.2. The molecule has 0 spiro atoms. The van der Waals surface area contributed by atoms with Crippen LogP contribution < -0.4 is 4.74 Å². The molecule has 24 heavy (non-hydrogen) atoms. The number of halogens is 2. The van der Waals surface area contributed by atoms with Crippen LogP contribution in [-0.2, 0) is 0 Å². The van der Waals surface area contributed by atoms with Gasteiger partial charge in [0.1, 0.15) is 28.5 Å². The molecule has 3 rings (SSSR count). The van der Waals surface area contributed by atoms with Crippen molar-refractivity contribution in [3.63, 3.8) is 0 Å². The molecular formula is C18H14BrFO4. The number of furan rings is 1. The molecule has 0 aliphatic carbocycles. The van der Waals surface area contributed by atoms with Gasteiger partial charge in [-0.1, -0.05) is 0 Å². The van der Waals surface area contributed by atoms with Crippen LogP contribution in [0.2, 0.25) is 0 Å². The van der Waals surface area contributed by atoms with Crippen molar-refractivity contribution in [2.45, 2.75) is 20.0 Å². The number of benzene rings is 2. The number of hydrogen-bond donors (Lipinski definition) is 1. The van der Waals surface area contributed by atoms with Crippen molar-refractivity contribution in [3.8, 4) is 17.1 Å². The molecule has 1 heterocycles. The Morgan fingerprint density at radius 1 is 1.25 bits per heavy atom. The van der Waals surface area contributed by atoms with Gasteiger partial charge in [0.15, 0.2) is 0 Å².